The average Bonchev–Trinajstić information content (AvgIpc) is 2.35. The second-order valence-corrected chi connectivity index (χ2v) is 4.39. The fourth-order valence-corrected chi connectivity index (χ4v) is 1.46. The van der Waals surface area contributed by atoms with Crippen LogP contribution in [0.25, 0.3) is 0 Å². The molecule has 8 nitrogen and oxygen atoms in total. The zero-order valence-corrected chi connectivity index (χ0v) is 11.3. The standard InChI is InChI=1S/C11H19N5O3/c1-4-12-11-13-5-9(16(18)19)10(15-11)14-8(6-17)7(2)3/h5,7-8,17H,4,6H2,1-3H3,(H2,12,13,14,15). The van der Waals surface area contributed by atoms with Gasteiger partial charge in [0.25, 0.3) is 0 Å². The van der Waals surface area contributed by atoms with Gasteiger partial charge in [-0.3, -0.25) is 10.1 Å². The highest BCUT2D eigenvalue weighted by molar-refractivity contribution is 5.57. The molecule has 1 rings (SSSR count). The molecule has 0 radical (unpaired) electrons. The minimum absolute atomic E-state index is 0.113. The quantitative estimate of drug-likeness (QED) is 0.504. The van der Waals surface area contributed by atoms with Gasteiger partial charge < -0.3 is 15.7 Å². The van der Waals surface area contributed by atoms with Gasteiger partial charge in [0.1, 0.15) is 6.20 Å². The Hall–Kier alpha value is -1.96. The monoisotopic (exact) mass is 269 g/mol. The van der Waals surface area contributed by atoms with E-state index in [4.69, 9.17) is 0 Å². The molecule has 0 saturated heterocycles. The Bertz CT molecular complexity index is 438. The lowest BCUT2D eigenvalue weighted by Gasteiger charge is -2.20. The van der Waals surface area contributed by atoms with Crippen molar-refractivity contribution in [3.05, 3.63) is 16.3 Å². The summed E-state index contributed by atoms with van der Waals surface area (Å²) >= 11 is 0. The fourth-order valence-electron chi connectivity index (χ4n) is 1.46. The first-order chi connectivity index (χ1) is 8.99. The van der Waals surface area contributed by atoms with Crippen molar-refractivity contribution in [2.75, 3.05) is 23.8 Å². The van der Waals surface area contributed by atoms with Crippen molar-refractivity contribution in [3.8, 4) is 0 Å². The zero-order chi connectivity index (χ0) is 14.4. The molecule has 106 valence electrons. The van der Waals surface area contributed by atoms with E-state index in [-0.39, 0.29) is 30.1 Å². The van der Waals surface area contributed by atoms with Gasteiger partial charge in [-0.15, -0.1) is 0 Å². The number of hydrogen-bond donors (Lipinski definition) is 3. The van der Waals surface area contributed by atoms with E-state index >= 15 is 0 Å². The van der Waals surface area contributed by atoms with Gasteiger partial charge in [-0.2, -0.15) is 4.98 Å². The molecule has 1 atom stereocenters. The summed E-state index contributed by atoms with van der Waals surface area (Å²) in [6.45, 7) is 6.18. The van der Waals surface area contributed by atoms with Crippen LogP contribution in [0, 0.1) is 16.0 Å². The van der Waals surface area contributed by atoms with Crippen molar-refractivity contribution in [1.82, 2.24) is 9.97 Å². The number of nitrogens with zero attached hydrogens (tertiary/aromatic N) is 3. The number of hydrogen-bond acceptors (Lipinski definition) is 7. The molecule has 0 aliphatic rings. The molecular formula is C11H19N5O3. The van der Waals surface area contributed by atoms with Crippen LogP contribution >= 0.6 is 0 Å². The molecule has 0 fully saturated rings. The second kappa shape index (κ2) is 6.83. The van der Waals surface area contributed by atoms with Gasteiger partial charge in [-0.1, -0.05) is 13.8 Å². The molecule has 0 amide bonds. The third-order valence-electron chi connectivity index (χ3n) is 2.62. The maximum atomic E-state index is 10.9. The molecule has 0 aliphatic heterocycles. The van der Waals surface area contributed by atoms with Gasteiger partial charge in [0, 0.05) is 6.54 Å². The normalized spacial score (nSPS) is 12.3. The van der Waals surface area contributed by atoms with Crippen molar-refractivity contribution in [2.24, 2.45) is 5.92 Å². The molecule has 0 aliphatic carbocycles. The van der Waals surface area contributed by atoms with E-state index in [1.807, 2.05) is 20.8 Å². The number of nitrogens with one attached hydrogen (secondary N) is 2. The topological polar surface area (TPSA) is 113 Å². The molecule has 1 unspecified atom stereocenters. The van der Waals surface area contributed by atoms with Crippen molar-refractivity contribution < 1.29 is 10.0 Å². The number of aliphatic hydroxyl groups is 1. The molecule has 0 saturated carbocycles. The molecule has 1 aromatic rings. The average molecular weight is 269 g/mol. The summed E-state index contributed by atoms with van der Waals surface area (Å²) in [5.41, 5.74) is -0.208. The molecule has 0 bridgehead atoms. The van der Waals surface area contributed by atoms with Crippen LogP contribution in [0.2, 0.25) is 0 Å². The molecule has 1 heterocycles. The van der Waals surface area contributed by atoms with Crippen molar-refractivity contribution >= 4 is 17.5 Å². The van der Waals surface area contributed by atoms with Crippen LogP contribution in [-0.4, -0.2) is 39.2 Å². The molecule has 3 N–H and O–H groups in total. The summed E-state index contributed by atoms with van der Waals surface area (Å²) in [4.78, 5) is 18.3. The zero-order valence-electron chi connectivity index (χ0n) is 11.3. The lowest BCUT2D eigenvalue weighted by molar-refractivity contribution is -0.384. The van der Waals surface area contributed by atoms with Crippen LogP contribution in [0.3, 0.4) is 0 Å². The van der Waals surface area contributed by atoms with E-state index in [0.29, 0.717) is 12.5 Å². The Morgan fingerprint density at radius 3 is 2.68 bits per heavy atom. The summed E-state index contributed by atoms with van der Waals surface area (Å²) in [5, 5.41) is 26.0. The third-order valence-corrected chi connectivity index (χ3v) is 2.62. The molecule has 0 aromatic carbocycles. The van der Waals surface area contributed by atoms with Gasteiger partial charge in [-0.25, -0.2) is 4.98 Å². The van der Waals surface area contributed by atoms with Crippen molar-refractivity contribution in [3.63, 3.8) is 0 Å². The van der Waals surface area contributed by atoms with Crippen LogP contribution in [0.5, 0.6) is 0 Å². The van der Waals surface area contributed by atoms with E-state index < -0.39 is 4.92 Å². The second-order valence-electron chi connectivity index (χ2n) is 4.39. The molecule has 0 spiro atoms. The van der Waals surface area contributed by atoms with Crippen LogP contribution in [0.4, 0.5) is 17.5 Å². The van der Waals surface area contributed by atoms with Crippen molar-refractivity contribution in [1.29, 1.82) is 0 Å². The first-order valence-corrected chi connectivity index (χ1v) is 6.12. The van der Waals surface area contributed by atoms with Gasteiger partial charge >= 0.3 is 5.69 Å². The Kier molecular flexibility index (Phi) is 5.43. The minimum Gasteiger partial charge on any atom is -0.394 e. The molecule has 19 heavy (non-hydrogen) atoms. The smallest absolute Gasteiger partial charge is 0.329 e. The van der Waals surface area contributed by atoms with E-state index in [9.17, 15) is 15.2 Å². The summed E-state index contributed by atoms with van der Waals surface area (Å²) in [5.74, 6) is 0.543. The van der Waals surface area contributed by atoms with Crippen molar-refractivity contribution in [2.45, 2.75) is 26.8 Å². The predicted octanol–water partition coefficient (Wildman–Crippen LogP) is 1.25. The number of aromatic nitrogens is 2. The summed E-state index contributed by atoms with van der Waals surface area (Å²) in [6, 6.07) is -0.303. The first-order valence-electron chi connectivity index (χ1n) is 6.12. The minimum atomic E-state index is -0.549. The maximum Gasteiger partial charge on any atom is 0.329 e. The third kappa shape index (κ3) is 4.02. The molecular weight excluding hydrogens is 250 g/mol. The summed E-state index contributed by atoms with van der Waals surface area (Å²) in [6.07, 6.45) is 1.15. The summed E-state index contributed by atoms with van der Waals surface area (Å²) < 4.78 is 0. The van der Waals surface area contributed by atoms with Crippen LogP contribution in [0.15, 0.2) is 6.20 Å². The van der Waals surface area contributed by atoms with Crippen LogP contribution in [-0.2, 0) is 0 Å². The number of aliphatic hydroxyl groups excluding tert-OH is 1. The highest BCUT2D eigenvalue weighted by atomic mass is 16.6. The van der Waals surface area contributed by atoms with E-state index in [2.05, 4.69) is 20.6 Å². The highest BCUT2D eigenvalue weighted by Crippen LogP contribution is 2.23. The molecule has 8 heteroatoms. The number of rotatable bonds is 7. The maximum absolute atomic E-state index is 10.9. The van der Waals surface area contributed by atoms with E-state index in [1.165, 1.54) is 0 Å². The first kappa shape index (κ1) is 15.1. The van der Waals surface area contributed by atoms with Crippen LogP contribution in [0.1, 0.15) is 20.8 Å². The van der Waals surface area contributed by atoms with E-state index in [1.54, 1.807) is 0 Å². The molecule has 1 aromatic heterocycles. The largest absolute Gasteiger partial charge is 0.394 e. The van der Waals surface area contributed by atoms with Gasteiger partial charge in [0.15, 0.2) is 0 Å². The number of anilines is 2. The lowest BCUT2D eigenvalue weighted by Crippen LogP contribution is -2.30. The van der Waals surface area contributed by atoms with Gasteiger partial charge in [-0.05, 0) is 12.8 Å². The van der Waals surface area contributed by atoms with Crippen LogP contribution < -0.4 is 10.6 Å². The van der Waals surface area contributed by atoms with Gasteiger partial charge in [0.2, 0.25) is 11.8 Å². The number of nitro groups is 1. The Labute approximate surface area is 111 Å². The van der Waals surface area contributed by atoms with Gasteiger partial charge in [0.05, 0.1) is 17.6 Å². The van der Waals surface area contributed by atoms with E-state index in [0.717, 1.165) is 6.20 Å². The SMILES string of the molecule is CCNc1ncc([N+](=O)[O-])c(NC(CO)C(C)C)n1. The predicted molar refractivity (Wildman–Crippen MR) is 72.2 cm³/mol. The lowest BCUT2D eigenvalue weighted by atomic mass is 10.1. The summed E-state index contributed by atoms with van der Waals surface area (Å²) in [7, 11) is 0. The highest BCUT2D eigenvalue weighted by Gasteiger charge is 2.21. The Morgan fingerprint density at radius 1 is 1.53 bits per heavy atom. The fraction of sp³-hybridized carbons (Fsp3) is 0.636. The Morgan fingerprint density at radius 2 is 2.21 bits per heavy atom. The Balaban J connectivity index is 3.06.